The van der Waals surface area contributed by atoms with E-state index < -0.39 is 74.2 Å². The van der Waals surface area contributed by atoms with E-state index in [2.05, 4.69) is 55.6 Å². The third kappa shape index (κ3) is 31.3. The van der Waals surface area contributed by atoms with Gasteiger partial charge < -0.3 is 50.5 Å². The summed E-state index contributed by atoms with van der Waals surface area (Å²) in [6.07, 6.45) is 39.1. The smallest absolute Gasteiger partial charge is 0.249 e. The maximum Gasteiger partial charge on any atom is 0.249 e. The molecule has 0 radical (unpaired) electrons. The lowest BCUT2D eigenvalue weighted by atomic mass is 9.98. The molecule has 64 heavy (non-hydrogen) atoms. The van der Waals surface area contributed by atoms with Crippen LogP contribution in [0.25, 0.3) is 0 Å². The van der Waals surface area contributed by atoms with Gasteiger partial charge in [-0.3, -0.25) is 4.79 Å². The standard InChI is InChI=1S/C53H99NO10/c1-3-5-7-9-11-13-15-17-19-21-22-23-25-26-28-30-32-34-36-38-40-45(56)48(58)44(43-63-53-51(61)50(60)49(59)47(42-55)64-53)54-52(62)46(57)41-39-37-35-33-31-29-27-24-20-18-16-14-12-10-8-6-4-2/h25-27,29,32,34,44-51,53,55-61H,3-24,28,30-31,33,35-43H2,1-2H3,(H,54,62)/b26-25+,29-27-,34-32+. The molecule has 376 valence electrons. The second kappa shape index (κ2) is 42.7. The average Bonchev–Trinajstić information content (AvgIpc) is 3.29. The van der Waals surface area contributed by atoms with Gasteiger partial charge in [-0.15, -0.1) is 0 Å². The Morgan fingerprint density at radius 1 is 0.531 bits per heavy atom. The fourth-order valence-corrected chi connectivity index (χ4v) is 8.28. The van der Waals surface area contributed by atoms with Crippen molar-refractivity contribution in [3.63, 3.8) is 0 Å². The molecular formula is C53H99NO10. The third-order valence-corrected chi connectivity index (χ3v) is 12.6. The molecule has 1 saturated heterocycles. The number of aliphatic hydroxyl groups excluding tert-OH is 7. The number of hydrogen-bond acceptors (Lipinski definition) is 10. The number of carbonyl (C=O) groups excluding carboxylic acids is 1. The monoisotopic (exact) mass is 910 g/mol. The van der Waals surface area contributed by atoms with Crippen molar-refractivity contribution in [2.24, 2.45) is 0 Å². The third-order valence-electron chi connectivity index (χ3n) is 12.6. The van der Waals surface area contributed by atoms with E-state index in [1.807, 2.05) is 0 Å². The Bertz CT molecular complexity index is 1130. The SMILES string of the molecule is CCCCCCCCCCC/C=C\CCCCCCC(O)C(=O)NC(COC1OC(CO)C(O)C(O)C1O)C(O)C(O)CCC/C=C/CC/C=C/CCCCCCCCCCCCC. The van der Waals surface area contributed by atoms with Gasteiger partial charge in [0.2, 0.25) is 5.91 Å². The molecule has 0 aromatic carbocycles. The Hall–Kier alpha value is -1.67. The molecule has 1 heterocycles. The Kier molecular flexibility index (Phi) is 40.2. The maximum atomic E-state index is 13.1. The summed E-state index contributed by atoms with van der Waals surface area (Å²) in [6.45, 7) is 3.43. The van der Waals surface area contributed by atoms with E-state index in [1.54, 1.807) is 0 Å². The molecule has 1 amide bonds. The Morgan fingerprint density at radius 3 is 1.39 bits per heavy atom. The number of nitrogens with one attached hydrogen (secondary N) is 1. The lowest BCUT2D eigenvalue weighted by molar-refractivity contribution is -0.303. The van der Waals surface area contributed by atoms with Crippen LogP contribution in [-0.2, 0) is 14.3 Å². The highest BCUT2D eigenvalue weighted by molar-refractivity contribution is 5.80. The highest BCUT2D eigenvalue weighted by Gasteiger charge is 2.44. The van der Waals surface area contributed by atoms with Gasteiger partial charge in [0.25, 0.3) is 0 Å². The van der Waals surface area contributed by atoms with E-state index in [0.29, 0.717) is 19.3 Å². The first-order chi connectivity index (χ1) is 31.2. The van der Waals surface area contributed by atoms with Gasteiger partial charge in [-0.05, 0) is 77.0 Å². The second-order valence-electron chi connectivity index (χ2n) is 18.6. The topological polar surface area (TPSA) is 189 Å². The van der Waals surface area contributed by atoms with Crippen molar-refractivity contribution in [1.29, 1.82) is 0 Å². The van der Waals surface area contributed by atoms with Crippen molar-refractivity contribution < 1.29 is 50.0 Å². The second-order valence-corrected chi connectivity index (χ2v) is 18.6. The van der Waals surface area contributed by atoms with Crippen LogP contribution in [-0.4, -0.2) is 110 Å². The predicted molar refractivity (Wildman–Crippen MR) is 261 cm³/mol. The average molecular weight is 910 g/mol. The van der Waals surface area contributed by atoms with Gasteiger partial charge in [0, 0.05) is 0 Å². The van der Waals surface area contributed by atoms with Crippen LogP contribution in [0.4, 0.5) is 0 Å². The largest absolute Gasteiger partial charge is 0.394 e. The molecule has 0 aromatic heterocycles. The molecule has 11 heteroatoms. The zero-order valence-corrected chi connectivity index (χ0v) is 40.8. The summed E-state index contributed by atoms with van der Waals surface area (Å²) >= 11 is 0. The molecule has 0 bridgehead atoms. The number of ether oxygens (including phenoxy) is 2. The first-order valence-corrected chi connectivity index (χ1v) is 26.4. The molecule has 0 aromatic rings. The molecule has 1 fully saturated rings. The van der Waals surface area contributed by atoms with E-state index in [0.717, 1.165) is 51.4 Å². The van der Waals surface area contributed by atoms with Crippen molar-refractivity contribution in [2.45, 2.75) is 281 Å². The van der Waals surface area contributed by atoms with Crippen molar-refractivity contribution in [2.75, 3.05) is 13.2 Å². The van der Waals surface area contributed by atoms with Gasteiger partial charge in [0.1, 0.15) is 36.6 Å². The van der Waals surface area contributed by atoms with Crippen LogP contribution < -0.4 is 5.32 Å². The quantitative estimate of drug-likeness (QED) is 0.0216. The first-order valence-electron chi connectivity index (χ1n) is 26.4. The van der Waals surface area contributed by atoms with Crippen molar-refractivity contribution in [3.05, 3.63) is 36.5 Å². The van der Waals surface area contributed by atoms with Crippen molar-refractivity contribution >= 4 is 5.91 Å². The highest BCUT2D eigenvalue weighted by Crippen LogP contribution is 2.23. The van der Waals surface area contributed by atoms with Gasteiger partial charge in [-0.1, -0.05) is 185 Å². The minimum Gasteiger partial charge on any atom is -0.394 e. The molecule has 1 rings (SSSR count). The normalized spacial score (nSPS) is 21.3. The van der Waals surface area contributed by atoms with E-state index in [1.165, 1.54) is 128 Å². The van der Waals surface area contributed by atoms with Crippen molar-refractivity contribution in [3.8, 4) is 0 Å². The zero-order valence-electron chi connectivity index (χ0n) is 40.8. The first kappa shape index (κ1) is 60.3. The number of hydrogen-bond donors (Lipinski definition) is 8. The van der Waals surface area contributed by atoms with Gasteiger partial charge in [0.15, 0.2) is 6.29 Å². The van der Waals surface area contributed by atoms with Crippen LogP contribution >= 0.6 is 0 Å². The van der Waals surface area contributed by atoms with Crippen LogP contribution in [0.3, 0.4) is 0 Å². The molecule has 0 aliphatic carbocycles. The van der Waals surface area contributed by atoms with Crippen LogP contribution in [0.15, 0.2) is 36.5 Å². The molecule has 1 aliphatic heterocycles. The van der Waals surface area contributed by atoms with E-state index in [9.17, 15) is 40.5 Å². The summed E-state index contributed by atoms with van der Waals surface area (Å²) in [5.41, 5.74) is 0. The van der Waals surface area contributed by atoms with Crippen LogP contribution in [0.2, 0.25) is 0 Å². The lowest BCUT2D eigenvalue weighted by Gasteiger charge is -2.40. The zero-order chi connectivity index (χ0) is 46.9. The van der Waals surface area contributed by atoms with E-state index in [4.69, 9.17) is 9.47 Å². The highest BCUT2D eigenvalue weighted by atomic mass is 16.7. The number of amides is 1. The predicted octanol–water partition coefficient (Wildman–Crippen LogP) is 9.95. The minimum absolute atomic E-state index is 0.237. The number of unbranched alkanes of at least 4 members (excludes halogenated alkanes) is 26. The van der Waals surface area contributed by atoms with E-state index in [-0.39, 0.29) is 12.8 Å². The Balaban J connectivity index is 2.43. The number of allylic oxidation sites excluding steroid dienone is 6. The minimum atomic E-state index is -1.67. The molecular weight excluding hydrogens is 811 g/mol. The van der Waals surface area contributed by atoms with Gasteiger partial charge in [-0.2, -0.15) is 0 Å². The summed E-state index contributed by atoms with van der Waals surface area (Å²) in [5.74, 6) is -0.719. The number of aliphatic hydroxyl groups is 7. The maximum absolute atomic E-state index is 13.1. The Morgan fingerprint density at radius 2 is 0.938 bits per heavy atom. The van der Waals surface area contributed by atoms with Crippen LogP contribution in [0.1, 0.15) is 226 Å². The molecule has 0 saturated carbocycles. The summed E-state index contributed by atoms with van der Waals surface area (Å²) in [4.78, 5) is 13.1. The van der Waals surface area contributed by atoms with Gasteiger partial charge >= 0.3 is 0 Å². The summed E-state index contributed by atoms with van der Waals surface area (Å²) in [6, 6.07) is -1.20. The molecule has 8 N–H and O–H groups in total. The summed E-state index contributed by atoms with van der Waals surface area (Å²) < 4.78 is 11.1. The summed E-state index contributed by atoms with van der Waals surface area (Å²) in [5, 5.41) is 75.9. The fourth-order valence-electron chi connectivity index (χ4n) is 8.28. The number of rotatable bonds is 44. The molecule has 0 spiro atoms. The number of carbonyl (C=O) groups is 1. The van der Waals surface area contributed by atoms with Crippen molar-refractivity contribution in [1.82, 2.24) is 5.32 Å². The van der Waals surface area contributed by atoms with Crippen LogP contribution in [0, 0.1) is 0 Å². The molecule has 1 aliphatic rings. The summed E-state index contributed by atoms with van der Waals surface area (Å²) in [7, 11) is 0. The molecule has 9 atom stereocenters. The Labute approximate surface area is 390 Å². The molecule has 9 unspecified atom stereocenters. The van der Waals surface area contributed by atoms with E-state index >= 15 is 0 Å². The van der Waals surface area contributed by atoms with Gasteiger partial charge in [0.05, 0.1) is 25.4 Å². The van der Waals surface area contributed by atoms with Gasteiger partial charge in [-0.25, -0.2) is 0 Å². The fraction of sp³-hybridized carbons (Fsp3) is 0.868. The molecule has 11 nitrogen and oxygen atoms in total. The lowest BCUT2D eigenvalue weighted by Crippen LogP contribution is -2.60. The van der Waals surface area contributed by atoms with Crippen LogP contribution in [0.5, 0.6) is 0 Å².